The van der Waals surface area contributed by atoms with Crippen LogP contribution in [0, 0.1) is 0 Å². The molecule has 0 fully saturated rings. The zero-order chi connectivity index (χ0) is 14.0. The molecule has 0 bridgehead atoms. The Hall–Kier alpha value is -1.49. The third-order valence-corrected chi connectivity index (χ3v) is 3.01. The highest BCUT2D eigenvalue weighted by Crippen LogP contribution is 2.26. The molecule has 0 N–H and O–H groups in total. The summed E-state index contributed by atoms with van der Waals surface area (Å²) in [6, 6.07) is 5.66. The number of ether oxygens (including phenoxy) is 1. The molecule has 0 aromatic carbocycles. The van der Waals surface area contributed by atoms with Crippen molar-refractivity contribution in [1.29, 1.82) is 0 Å². The molecule has 5 heteroatoms. The number of methoxy groups -OCH3 is 1. The van der Waals surface area contributed by atoms with E-state index in [0.717, 1.165) is 21.7 Å². The van der Waals surface area contributed by atoms with Gasteiger partial charge in [-0.25, -0.2) is 15.0 Å². The Labute approximate surface area is 121 Å². The van der Waals surface area contributed by atoms with Crippen LogP contribution in [-0.2, 0) is 5.41 Å². The maximum Gasteiger partial charge on any atom is 0.213 e. The van der Waals surface area contributed by atoms with Crippen LogP contribution in [0.4, 0.5) is 0 Å². The predicted octanol–water partition coefficient (Wildman–Crippen LogP) is 3.61. The molecule has 0 atom stereocenters. The highest BCUT2D eigenvalue weighted by atomic mass is 79.9. The second-order valence-corrected chi connectivity index (χ2v) is 6.05. The molecule has 0 saturated heterocycles. The van der Waals surface area contributed by atoms with E-state index in [-0.39, 0.29) is 5.41 Å². The first-order valence-electron chi connectivity index (χ1n) is 5.95. The van der Waals surface area contributed by atoms with Crippen LogP contribution in [-0.4, -0.2) is 22.1 Å². The number of hydrogen-bond donors (Lipinski definition) is 0. The fourth-order valence-electron chi connectivity index (χ4n) is 1.58. The summed E-state index contributed by atoms with van der Waals surface area (Å²) in [6.07, 6.45) is 1.71. The topological polar surface area (TPSA) is 47.9 Å². The SMILES string of the molecule is COc1cc(-c2cc(Br)nc(C(C)(C)C)n2)ccn1. The Morgan fingerprint density at radius 3 is 2.53 bits per heavy atom. The standard InChI is InChI=1S/C14H16BrN3O/c1-14(2,3)13-17-10(8-11(15)18-13)9-5-6-16-12(7-9)19-4/h5-8H,1-4H3. The molecule has 0 aliphatic carbocycles. The van der Waals surface area contributed by atoms with E-state index >= 15 is 0 Å². The van der Waals surface area contributed by atoms with Gasteiger partial charge < -0.3 is 4.74 Å². The first kappa shape index (κ1) is 13.9. The minimum atomic E-state index is -0.102. The Morgan fingerprint density at radius 2 is 1.89 bits per heavy atom. The van der Waals surface area contributed by atoms with Gasteiger partial charge in [-0.15, -0.1) is 0 Å². The average Bonchev–Trinajstić information content (AvgIpc) is 2.37. The quantitative estimate of drug-likeness (QED) is 0.793. The van der Waals surface area contributed by atoms with E-state index in [4.69, 9.17) is 4.74 Å². The molecule has 2 heterocycles. The molecule has 2 aromatic heterocycles. The fourth-order valence-corrected chi connectivity index (χ4v) is 1.97. The van der Waals surface area contributed by atoms with Crippen LogP contribution in [0.1, 0.15) is 26.6 Å². The number of nitrogens with zero attached hydrogens (tertiary/aromatic N) is 3. The van der Waals surface area contributed by atoms with Crippen molar-refractivity contribution >= 4 is 15.9 Å². The fraction of sp³-hybridized carbons (Fsp3) is 0.357. The second kappa shape index (κ2) is 5.25. The summed E-state index contributed by atoms with van der Waals surface area (Å²) in [5.74, 6) is 1.37. The van der Waals surface area contributed by atoms with Crippen molar-refractivity contribution in [3.8, 4) is 17.1 Å². The van der Waals surface area contributed by atoms with Gasteiger partial charge in [-0.3, -0.25) is 0 Å². The number of rotatable bonds is 2. The number of aromatic nitrogens is 3. The van der Waals surface area contributed by atoms with Crippen molar-refractivity contribution in [1.82, 2.24) is 15.0 Å². The van der Waals surface area contributed by atoms with Gasteiger partial charge in [0.1, 0.15) is 10.4 Å². The summed E-state index contributed by atoms with van der Waals surface area (Å²) < 4.78 is 5.91. The van der Waals surface area contributed by atoms with Gasteiger partial charge in [0, 0.05) is 23.2 Å². The third kappa shape index (κ3) is 3.29. The molecule has 0 unspecified atom stereocenters. The molecule has 4 nitrogen and oxygen atoms in total. The van der Waals surface area contributed by atoms with Gasteiger partial charge in [0.05, 0.1) is 12.8 Å². The zero-order valence-electron chi connectivity index (χ0n) is 11.4. The average molecular weight is 322 g/mol. The van der Waals surface area contributed by atoms with Crippen molar-refractivity contribution in [3.05, 3.63) is 34.8 Å². The van der Waals surface area contributed by atoms with E-state index in [1.165, 1.54) is 0 Å². The van der Waals surface area contributed by atoms with Crippen molar-refractivity contribution in [2.75, 3.05) is 7.11 Å². The monoisotopic (exact) mass is 321 g/mol. The molecule has 0 amide bonds. The van der Waals surface area contributed by atoms with E-state index in [9.17, 15) is 0 Å². The van der Waals surface area contributed by atoms with Crippen molar-refractivity contribution in [2.45, 2.75) is 26.2 Å². The van der Waals surface area contributed by atoms with E-state index in [2.05, 4.69) is 51.7 Å². The first-order valence-corrected chi connectivity index (χ1v) is 6.75. The summed E-state index contributed by atoms with van der Waals surface area (Å²) in [4.78, 5) is 13.2. The second-order valence-electron chi connectivity index (χ2n) is 5.24. The lowest BCUT2D eigenvalue weighted by molar-refractivity contribution is 0.398. The van der Waals surface area contributed by atoms with Gasteiger partial charge in [-0.2, -0.15) is 0 Å². The summed E-state index contributed by atoms with van der Waals surface area (Å²) in [5.41, 5.74) is 1.71. The van der Waals surface area contributed by atoms with Crippen LogP contribution in [0.3, 0.4) is 0 Å². The molecule has 2 rings (SSSR count). The molecule has 100 valence electrons. The smallest absolute Gasteiger partial charge is 0.213 e. The zero-order valence-corrected chi connectivity index (χ0v) is 13.0. The molecule has 2 aromatic rings. The first-order chi connectivity index (χ1) is 8.90. The van der Waals surface area contributed by atoms with Crippen LogP contribution < -0.4 is 4.74 Å². The summed E-state index contributed by atoms with van der Waals surface area (Å²) in [6.45, 7) is 6.27. The summed E-state index contributed by atoms with van der Waals surface area (Å²) in [7, 11) is 1.60. The molecule has 0 aliphatic rings. The Bertz CT molecular complexity index is 593. The van der Waals surface area contributed by atoms with E-state index < -0.39 is 0 Å². The molecule has 0 radical (unpaired) electrons. The van der Waals surface area contributed by atoms with Crippen molar-refractivity contribution < 1.29 is 4.74 Å². The Morgan fingerprint density at radius 1 is 1.16 bits per heavy atom. The number of pyridine rings is 1. The van der Waals surface area contributed by atoms with Crippen LogP contribution in [0.15, 0.2) is 29.0 Å². The van der Waals surface area contributed by atoms with Crippen LogP contribution >= 0.6 is 15.9 Å². The molecule has 19 heavy (non-hydrogen) atoms. The highest BCUT2D eigenvalue weighted by Gasteiger charge is 2.19. The number of halogens is 1. The van der Waals surface area contributed by atoms with Crippen LogP contribution in [0.25, 0.3) is 11.3 Å². The maximum absolute atomic E-state index is 5.14. The Balaban J connectivity index is 2.53. The normalized spacial score (nSPS) is 11.4. The molecule has 0 saturated carbocycles. The van der Waals surface area contributed by atoms with Crippen LogP contribution in [0.2, 0.25) is 0 Å². The third-order valence-electron chi connectivity index (χ3n) is 2.61. The van der Waals surface area contributed by atoms with Gasteiger partial charge in [0.2, 0.25) is 5.88 Å². The van der Waals surface area contributed by atoms with E-state index in [1.54, 1.807) is 13.3 Å². The van der Waals surface area contributed by atoms with Gasteiger partial charge in [0.25, 0.3) is 0 Å². The summed E-state index contributed by atoms with van der Waals surface area (Å²) in [5, 5.41) is 0. The molecular formula is C14H16BrN3O. The lowest BCUT2D eigenvalue weighted by atomic mass is 9.95. The van der Waals surface area contributed by atoms with E-state index in [1.807, 2.05) is 18.2 Å². The van der Waals surface area contributed by atoms with Gasteiger partial charge in [0.15, 0.2) is 0 Å². The van der Waals surface area contributed by atoms with E-state index in [0.29, 0.717) is 5.88 Å². The Kier molecular flexibility index (Phi) is 3.85. The lowest BCUT2D eigenvalue weighted by Gasteiger charge is -2.17. The van der Waals surface area contributed by atoms with Crippen molar-refractivity contribution in [2.24, 2.45) is 0 Å². The maximum atomic E-state index is 5.14. The largest absolute Gasteiger partial charge is 0.481 e. The molecule has 0 aliphatic heterocycles. The highest BCUT2D eigenvalue weighted by molar-refractivity contribution is 9.10. The van der Waals surface area contributed by atoms with Gasteiger partial charge >= 0.3 is 0 Å². The molecular weight excluding hydrogens is 306 g/mol. The lowest BCUT2D eigenvalue weighted by Crippen LogP contribution is -2.16. The summed E-state index contributed by atoms with van der Waals surface area (Å²) >= 11 is 3.44. The van der Waals surface area contributed by atoms with Gasteiger partial charge in [-0.1, -0.05) is 20.8 Å². The predicted molar refractivity (Wildman–Crippen MR) is 78.2 cm³/mol. The minimum Gasteiger partial charge on any atom is -0.481 e. The number of hydrogen-bond acceptors (Lipinski definition) is 4. The van der Waals surface area contributed by atoms with Crippen molar-refractivity contribution in [3.63, 3.8) is 0 Å². The minimum absolute atomic E-state index is 0.102. The van der Waals surface area contributed by atoms with Gasteiger partial charge in [-0.05, 0) is 28.1 Å². The molecule has 0 spiro atoms. The van der Waals surface area contributed by atoms with Crippen LogP contribution in [0.5, 0.6) is 5.88 Å².